The lowest BCUT2D eigenvalue weighted by atomic mass is 9.83. The monoisotopic (exact) mass is 487 g/mol. The molecule has 10 heteroatoms. The van der Waals surface area contributed by atoms with Gasteiger partial charge in [0, 0.05) is 30.7 Å². The summed E-state index contributed by atoms with van der Waals surface area (Å²) in [4.78, 5) is 18.4. The van der Waals surface area contributed by atoms with Gasteiger partial charge >= 0.3 is 5.97 Å². The Morgan fingerprint density at radius 1 is 1.26 bits per heavy atom. The van der Waals surface area contributed by atoms with Gasteiger partial charge in [-0.15, -0.1) is 0 Å². The molecule has 1 aromatic carbocycles. The molecule has 2 N–H and O–H groups in total. The maximum Gasteiger partial charge on any atom is 0.374 e. The van der Waals surface area contributed by atoms with Crippen molar-refractivity contribution in [2.45, 2.75) is 44.1 Å². The Kier molecular flexibility index (Phi) is 6.55. The second kappa shape index (κ2) is 9.27. The summed E-state index contributed by atoms with van der Waals surface area (Å²) in [6.45, 7) is 6.87. The van der Waals surface area contributed by atoms with Crippen LogP contribution in [0.25, 0.3) is 11.0 Å². The van der Waals surface area contributed by atoms with Crippen molar-refractivity contribution in [1.82, 2.24) is 4.98 Å². The highest BCUT2D eigenvalue weighted by molar-refractivity contribution is 7.92. The number of aliphatic hydroxyl groups is 1. The molecule has 0 unspecified atom stereocenters. The fourth-order valence-electron chi connectivity index (χ4n) is 4.21. The summed E-state index contributed by atoms with van der Waals surface area (Å²) in [5, 5.41) is 10.9. The third-order valence-electron chi connectivity index (χ3n) is 6.10. The maximum atomic E-state index is 13.2. The quantitative estimate of drug-likeness (QED) is 0.483. The number of ether oxygens (including phenoxy) is 1. The van der Waals surface area contributed by atoms with Crippen molar-refractivity contribution in [2.24, 2.45) is 5.92 Å². The molecular formula is C24H29N3O6S. The van der Waals surface area contributed by atoms with Gasteiger partial charge < -0.3 is 19.2 Å². The SMILES string of the molecule is CCOC(=O)c1cc2ccc(S(=O)(=O)Nc3cccnc3N3CCC(C(C)(C)O)CC3)cc2o1. The van der Waals surface area contributed by atoms with Crippen LogP contribution in [0.3, 0.4) is 0 Å². The van der Waals surface area contributed by atoms with E-state index in [-0.39, 0.29) is 28.8 Å². The summed E-state index contributed by atoms with van der Waals surface area (Å²) in [5.41, 5.74) is -0.111. The number of sulfonamides is 1. The van der Waals surface area contributed by atoms with Gasteiger partial charge in [0.2, 0.25) is 5.76 Å². The van der Waals surface area contributed by atoms with E-state index in [0.717, 1.165) is 12.8 Å². The summed E-state index contributed by atoms with van der Waals surface area (Å²) < 4.78 is 39.5. The number of pyridine rings is 1. The van der Waals surface area contributed by atoms with E-state index in [0.29, 0.717) is 30.0 Å². The highest BCUT2D eigenvalue weighted by Crippen LogP contribution is 2.33. The van der Waals surface area contributed by atoms with Crippen LogP contribution in [0, 0.1) is 5.92 Å². The summed E-state index contributed by atoms with van der Waals surface area (Å²) in [5.74, 6) is 0.133. The van der Waals surface area contributed by atoms with E-state index in [1.54, 1.807) is 31.3 Å². The minimum atomic E-state index is -3.95. The van der Waals surface area contributed by atoms with Crippen molar-refractivity contribution < 1.29 is 27.5 Å². The van der Waals surface area contributed by atoms with Crippen molar-refractivity contribution in [3.05, 3.63) is 48.4 Å². The zero-order chi connectivity index (χ0) is 24.5. The first-order valence-electron chi connectivity index (χ1n) is 11.2. The second-order valence-corrected chi connectivity index (χ2v) is 10.6. The molecule has 0 aliphatic carbocycles. The molecule has 0 spiro atoms. The van der Waals surface area contributed by atoms with Crippen molar-refractivity contribution in [3.63, 3.8) is 0 Å². The number of hydrogen-bond donors (Lipinski definition) is 2. The molecule has 4 rings (SSSR count). The minimum absolute atomic E-state index is 0.000278. The number of aromatic nitrogens is 1. The van der Waals surface area contributed by atoms with Crippen LogP contribution in [-0.4, -0.2) is 49.8 Å². The van der Waals surface area contributed by atoms with Crippen LogP contribution in [-0.2, 0) is 14.8 Å². The van der Waals surface area contributed by atoms with Gasteiger partial charge in [-0.3, -0.25) is 4.72 Å². The predicted molar refractivity (Wildman–Crippen MR) is 128 cm³/mol. The summed E-state index contributed by atoms with van der Waals surface area (Å²) in [6.07, 6.45) is 3.19. The van der Waals surface area contributed by atoms with E-state index >= 15 is 0 Å². The van der Waals surface area contributed by atoms with Gasteiger partial charge in [0.1, 0.15) is 5.58 Å². The fourth-order valence-corrected chi connectivity index (χ4v) is 5.29. The van der Waals surface area contributed by atoms with Crippen LogP contribution in [0.4, 0.5) is 11.5 Å². The first kappa shape index (κ1) is 24.0. The van der Waals surface area contributed by atoms with Gasteiger partial charge in [0.05, 0.1) is 22.8 Å². The average molecular weight is 488 g/mol. The van der Waals surface area contributed by atoms with Crippen molar-refractivity contribution >= 4 is 38.5 Å². The average Bonchev–Trinajstić information content (AvgIpc) is 3.23. The third-order valence-corrected chi connectivity index (χ3v) is 7.47. The normalized spacial score (nSPS) is 15.5. The van der Waals surface area contributed by atoms with Gasteiger partial charge in [-0.25, -0.2) is 18.2 Å². The number of fused-ring (bicyclic) bond motifs is 1. The molecule has 1 fully saturated rings. The Morgan fingerprint density at radius 3 is 2.68 bits per heavy atom. The zero-order valence-corrected chi connectivity index (χ0v) is 20.3. The molecule has 3 heterocycles. The number of rotatable bonds is 7. The van der Waals surface area contributed by atoms with Gasteiger partial charge in [0.15, 0.2) is 5.82 Å². The highest BCUT2D eigenvalue weighted by atomic mass is 32.2. The Bertz CT molecular complexity index is 1290. The number of hydrogen-bond acceptors (Lipinski definition) is 8. The van der Waals surface area contributed by atoms with E-state index in [2.05, 4.69) is 9.71 Å². The number of carbonyl (C=O) groups excluding carboxylic acids is 1. The lowest BCUT2D eigenvalue weighted by Crippen LogP contribution is -2.42. The lowest BCUT2D eigenvalue weighted by molar-refractivity contribution is 0.00646. The minimum Gasteiger partial charge on any atom is -0.460 e. The molecule has 2 aromatic heterocycles. The molecule has 182 valence electrons. The van der Waals surface area contributed by atoms with E-state index in [1.807, 2.05) is 18.7 Å². The Labute approximate surface area is 198 Å². The summed E-state index contributed by atoms with van der Waals surface area (Å²) >= 11 is 0. The third kappa shape index (κ3) is 5.02. The Balaban J connectivity index is 1.56. The molecule has 0 bridgehead atoms. The van der Waals surface area contributed by atoms with Gasteiger partial charge in [-0.05, 0) is 69.9 Å². The molecule has 0 atom stereocenters. The number of anilines is 2. The maximum absolute atomic E-state index is 13.2. The molecule has 0 saturated carbocycles. The zero-order valence-electron chi connectivity index (χ0n) is 19.4. The molecule has 34 heavy (non-hydrogen) atoms. The molecule has 0 amide bonds. The van der Waals surface area contributed by atoms with E-state index in [9.17, 15) is 18.3 Å². The van der Waals surface area contributed by atoms with E-state index in [4.69, 9.17) is 9.15 Å². The summed E-state index contributed by atoms with van der Waals surface area (Å²) in [7, 11) is -3.95. The van der Waals surface area contributed by atoms with Gasteiger partial charge in [-0.1, -0.05) is 0 Å². The second-order valence-electron chi connectivity index (χ2n) is 8.93. The molecule has 1 saturated heterocycles. The van der Waals surface area contributed by atoms with Crippen LogP contribution in [0.15, 0.2) is 51.9 Å². The largest absolute Gasteiger partial charge is 0.460 e. The smallest absolute Gasteiger partial charge is 0.374 e. The number of carbonyl (C=O) groups is 1. The fraction of sp³-hybridized carbons (Fsp3) is 0.417. The predicted octanol–water partition coefficient (Wildman–Crippen LogP) is 3.79. The standard InChI is InChI=1S/C24H29N3O6S/c1-4-32-23(28)21-14-16-7-8-18(15-20(16)33-21)34(30,31)26-19-6-5-11-25-22(19)27-12-9-17(10-13-27)24(2,3)29/h5-8,11,14-15,17,26,29H,4,9-10,12-13H2,1-3H3. The molecule has 1 aliphatic heterocycles. The first-order chi connectivity index (χ1) is 16.1. The summed E-state index contributed by atoms with van der Waals surface area (Å²) in [6, 6.07) is 9.29. The first-order valence-corrected chi connectivity index (χ1v) is 12.7. The number of esters is 1. The van der Waals surface area contributed by atoms with Crippen LogP contribution in [0.5, 0.6) is 0 Å². The molecular weight excluding hydrogens is 458 g/mol. The number of nitrogens with one attached hydrogen (secondary N) is 1. The van der Waals surface area contributed by atoms with Crippen molar-refractivity contribution in [3.8, 4) is 0 Å². The lowest BCUT2D eigenvalue weighted by Gasteiger charge is -2.38. The van der Waals surface area contributed by atoms with Crippen LogP contribution in [0.1, 0.15) is 44.2 Å². The number of piperidine rings is 1. The number of nitrogens with zero attached hydrogens (tertiary/aromatic N) is 2. The molecule has 1 aliphatic rings. The Hall–Kier alpha value is -3.11. The van der Waals surface area contributed by atoms with Gasteiger partial charge in [-0.2, -0.15) is 0 Å². The van der Waals surface area contributed by atoms with Crippen molar-refractivity contribution in [1.29, 1.82) is 0 Å². The Morgan fingerprint density at radius 2 is 2.00 bits per heavy atom. The highest BCUT2D eigenvalue weighted by Gasteiger charge is 2.32. The van der Waals surface area contributed by atoms with Crippen LogP contribution in [0.2, 0.25) is 0 Å². The number of benzene rings is 1. The molecule has 3 aromatic rings. The van der Waals surface area contributed by atoms with Gasteiger partial charge in [0.25, 0.3) is 10.0 Å². The van der Waals surface area contributed by atoms with E-state index in [1.165, 1.54) is 18.2 Å². The van der Waals surface area contributed by atoms with Crippen molar-refractivity contribution in [2.75, 3.05) is 29.3 Å². The number of furan rings is 1. The van der Waals surface area contributed by atoms with E-state index < -0.39 is 21.6 Å². The van der Waals surface area contributed by atoms with Crippen LogP contribution >= 0.6 is 0 Å². The van der Waals surface area contributed by atoms with Crippen LogP contribution < -0.4 is 9.62 Å². The molecule has 0 radical (unpaired) electrons. The topological polar surface area (TPSA) is 122 Å². The molecule has 9 nitrogen and oxygen atoms in total.